The number of halogens is 2. The quantitative estimate of drug-likeness (QED) is 0.860. The van der Waals surface area contributed by atoms with E-state index in [1.54, 1.807) is 18.5 Å². The van der Waals surface area contributed by atoms with Crippen LogP contribution in [0.3, 0.4) is 0 Å². The van der Waals surface area contributed by atoms with Gasteiger partial charge in [-0.15, -0.1) is 0 Å². The number of aromatic nitrogens is 2. The second-order valence-corrected chi connectivity index (χ2v) is 7.34. The molecule has 1 aliphatic rings. The van der Waals surface area contributed by atoms with Crippen molar-refractivity contribution in [3.8, 4) is 0 Å². The number of hydrogen-bond acceptors (Lipinski definition) is 4. The first-order valence-corrected chi connectivity index (χ1v) is 8.52. The van der Waals surface area contributed by atoms with Gasteiger partial charge in [0.25, 0.3) is 0 Å². The average Bonchev–Trinajstić information content (AvgIpc) is 3.01. The van der Waals surface area contributed by atoms with E-state index in [1.165, 1.54) is 10.4 Å². The lowest BCUT2D eigenvalue weighted by Crippen LogP contribution is -2.29. The monoisotopic (exact) mass is 341 g/mol. The summed E-state index contributed by atoms with van der Waals surface area (Å²) in [5.41, 5.74) is 0. The van der Waals surface area contributed by atoms with Crippen LogP contribution in [-0.4, -0.2) is 35.8 Å². The molecule has 5 nitrogen and oxygen atoms in total. The molecule has 0 N–H and O–H groups in total. The highest BCUT2D eigenvalue weighted by Gasteiger charge is 2.35. The summed E-state index contributed by atoms with van der Waals surface area (Å²) >= 11 is 5.92. The fourth-order valence-corrected chi connectivity index (χ4v) is 4.48. The molecule has 0 saturated carbocycles. The molecule has 22 heavy (non-hydrogen) atoms. The van der Waals surface area contributed by atoms with E-state index in [0.717, 1.165) is 12.1 Å². The van der Waals surface area contributed by atoms with Crippen LogP contribution in [0.1, 0.15) is 18.2 Å². The summed E-state index contributed by atoms with van der Waals surface area (Å²) in [6, 6.07) is 5.03. The van der Waals surface area contributed by atoms with Crippen LogP contribution in [0.25, 0.3) is 0 Å². The third kappa shape index (κ3) is 2.84. The molecule has 1 fully saturated rings. The molecular formula is C14H13ClFN3O2S. The molecule has 1 aliphatic heterocycles. The number of hydrogen-bond donors (Lipinski definition) is 0. The number of nitrogens with zero attached hydrogens (tertiary/aromatic N) is 3. The van der Waals surface area contributed by atoms with Crippen LogP contribution < -0.4 is 0 Å². The molecule has 1 saturated heterocycles. The van der Waals surface area contributed by atoms with Gasteiger partial charge in [0.15, 0.2) is 0 Å². The Hall–Kier alpha value is -1.57. The van der Waals surface area contributed by atoms with E-state index < -0.39 is 15.8 Å². The summed E-state index contributed by atoms with van der Waals surface area (Å²) in [6.07, 6.45) is 3.88. The van der Waals surface area contributed by atoms with Crippen molar-refractivity contribution in [3.05, 3.63) is 53.3 Å². The Kier molecular flexibility index (Phi) is 4.12. The highest BCUT2D eigenvalue weighted by molar-refractivity contribution is 7.89. The van der Waals surface area contributed by atoms with Crippen LogP contribution in [-0.2, 0) is 10.0 Å². The Balaban J connectivity index is 1.87. The molecule has 1 aromatic heterocycles. The first kappa shape index (κ1) is 15.3. The normalized spacial score (nSPS) is 19.5. The van der Waals surface area contributed by atoms with Crippen molar-refractivity contribution >= 4 is 21.6 Å². The highest BCUT2D eigenvalue weighted by atomic mass is 35.5. The standard InChI is InChI=1S/C14H13ClFN3O2S/c15-12-3-2-11(16)8-13(12)22(20,21)19-7-4-10(9-19)14-17-5-1-6-18-14/h1-3,5-6,8,10H,4,7,9H2/t10-/m0/s1. The Morgan fingerprint density at radius 1 is 1.27 bits per heavy atom. The predicted molar refractivity (Wildman–Crippen MR) is 79.6 cm³/mol. The van der Waals surface area contributed by atoms with E-state index in [-0.39, 0.29) is 22.4 Å². The molecule has 0 aliphatic carbocycles. The molecule has 0 spiro atoms. The molecular weight excluding hydrogens is 329 g/mol. The Morgan fingerprint density at radius 2 is 2.00 bits per heavy atom. The van der Waals surface area contributed by atoms with E-state index >= 15 is 0 Å². The molecule has 8 heteroatoms. The van der Waals surface area contributed by atoms with E-state index in [1.807, 2.05) is 0 Å². The third-order valence-electron chi connectivity index (χ3n) is 3.61. The van der Waals surface area contributed by atoms with E-state index in [4.69, 9.17) is 11.6 Å². The van der Waals surface area contributed by atoms with Crippen LogP contribution in [0, 0.1) is 5.82 Å². The minimum Gasteiger partial charge on any atom is -0.241 e. The van der Waals surface area contributed by atoms with Crippen LogP contribution in [0.5, 0.6) is 0 Å². The molecule has 0 unspecified atom stereocenters. The number of sulfonamides is 1. The van der Waals surface area contributed by atoms with Crippen LogP contribution in [0.4, 0.5) is 4.39 Å². The van der Waals surface area contributed by atoms with E-state index in [2.05, 4.69) is 9.97 Å². The fourth-order valence-electron chi connectivity index (χ4n) is 2.49. The third-order valence-corrected chi connectivity index (χ3v) is 5.96. The zero-order valence-electron chi connectivity index (χ0n) is 11.5. The zero-order valence-corrected chi connectivity index (χ0v) is 13.1. The van der Waals surface area contributed by atoms with E-state index in [0.29, 0.717) is 18.8 Å². The minimum atomic E-state index is -3.83. The van der Waals surface area contributed by atoms with Gasteiger partial charge in [0.05, 0.1) is 5.02 Å². The largest absolute Gasteiger partial charge is 0.244 e. The number of benzene rings is 1. The molecule has 116 valence electrons. The van der Waals surface area contributed by atoms with Crippen molar-refractivity contribution in [2.75, 3.05) is 13.1 Å². The molecule has 0 radical (unpaired) electrons. The summed E-state index contributed by atoms with van der Waals surface area (Å²) < 4.78 is 39.9. The summed E-state index contributed by atoms with van der Waals surface area (Å²) in [4.78, 5) is 8.12. The summed E-state index contributed by atoms with van der Waals surface area (Å²) in [6.45, 7) is 0.595. The predicted octanol–water partition coefficient (Wildman–Crippen LogP) is 2.45. The van der Waals surface area contributed by atoms with Crippen molar-refractivity contribution in [2.24, 2.45) is 0 Å². The maximum atomic E-state index is 13.3. The molecule has 1 atom stereocenters. The van der Waals surface area contributed by atoms with Gasteiger partial charge in [-0.3, -0.25) is 0 Å². The van der Waals surface area contributed by atoms with Gasteiger partial charge in [0.1, 0.15) is 16.5 Å². The molecule has 1 aromatic carbocycles. The van der Waals surface area contributed by atoms with Gasteiger partial charge in [-0.1, -0.05) is 11.6 Å². The highest BCUT2D eigenvalue weighted by Crippen LogP contribution is 2.32. The smallest absolute Gasteiger partial charge is 0.241 e. The number of rotatable bonds is 3. The van der Waals surface area contributed by atoms with Gasteiger partial charge in [-0.25, -0.2) is 22.8 Å². The maximum Gasteiger partial charge on any atom is 0.244 e. The van der Waals surface area contributed by atoms with Crippen LogP contribution >= 0.6 is 11.6 Å². The lowest BCUT2D eigenvalue weighted by molar-refractivity contribution is 0.470. The molecule has 0 bridgehead atoms. The average molecular weight is 342 g/mol. The van der Waals surface area contributed by atoms with Crippen molar-refractivity contribution in [2.45, 2.75) is 17.2 Å². The SMILES string of the molecule is O=S(=O)(c1cc(F)ccc1Cl)N1CC[C@H](c2ncccn2)C1. The molecule has 2 aromatic rings. The lowest BCUT2D eigenvalue weighted by Gasteiger charge is -2.17. The minimum absolute atomic E-state index is 0.0146. The van der Waals surface area contributed by atoms with Crippen molar-refractivity contribution in [1.29, 1.82) is 0 Å². The Bertz CT molecular complexity index is 786. The van der Waals surface area contributed by atoms with Gasteiger partial charge in [0.2, 0.25) is 10.0 Å². The van der Waals surface area contributed by atoms with Gasteiger partial charge < -0.3 is 0 Å². The summed E-state index contributed by atoms with van der Waals surface area (Å²) in [5, 5.41) is 0.0146. The van der Waals surface area contributed by atoms with Crippen molar-refractivity contribution < 1.29 is 12.8 Å². The molecule has 0 amide bonds. The van der Waals surface area contributed by atoms with Gasteiger partial charge in [0, 0.05) is 31.4 Å². The van der Waals surface area contributed by atoms with Crippen LogP contribution in [0.2, 0.25) is 5.02 Å². The summed E-state index contributed by atoms with van der Waals surface area (Å²) in [7, 11) is -3.83. The van der Waals surface area contributed by atoms with Crippen LogP contribution in [0.15, 0.2) is 41.6 Å². The van der Waals surface area contributed by atoms with Crippen molar-refractivity contribution in [1.82, 2.24) is 14.3 Å². The summed E-state index contributed by atoms with van der Waals surface area (Å²) in [5.74, 6) is -0.0843. The first-order chi connectivity index (χ1) is 10.5. The van der Waals surface area contributed by atoms with Gasteiger partial charge in [-0.05, 0) is 30.7 Å². The molecule has 3 rings (SSSR count). The Morgan fingerprint density at radius 3 is 2.73 bits per heavy atom. The first-order valence-electron chi connectivity index (χ1n) is 6.70. The Labute approximate surface area is 132 Å². The maximum absolute atomic E-state index is 13.3. The lowest BCUT2D eigenvalue weighted by atomic mass is 10.1. The zero-order chi connectivity index (χ0) is 15.7. The van der Waals surface area contributed by atoms with E-state index in [9.17, 15) is 12.8 Å². The second-order valence-electron chi connectivity index (χ2n) is 5.03. The van der Waals surface area contributed by atoms with Gasteiger partial charge >= 0.3 is 0 Å². The van der Waals surface area contributed by atoms with Gasteiger partial charge in [-0.2, -0.15) is 4.31 Å². The second kappa shape index (κ2) is 5.91. The van der Waals surface area contributed by atoms with Crippen molar-refractivity contribution in [3.63, 3.8) is 0 Å². The topological polar surface area (TPSA) is 63.2 Å². The fraction of sp³-hybridized carbons (Fsp3) is 0.286. The molecule has 2 heterocycles.